The van der Waals surface area contributed by atoms with Crippen molar-refractivity contribution in [2.45, 2.75) is 19.9 Å². The highest BCUT2D eigenvalue weighted by Crippen LogP contribution is 2.26. The second-order valence-corrected chi connectivity index (χ2v) is 8.44. The van der Waals surface area contributed by atoms with Crippen molar-refractivity contribution in [2.75, 3.05) is 18.9 Å². The van der Waals surface area contributed by atoms with Crippen molar-refractivity contribution in [3.63, 3.8) is 0 Å². The van der Waals surface area contributed by atoms with Gasteiger partial charge in [0.05, 0.1) is 5.69 Å². The van der Waals surface area contributed by atoms with Crippen LogP contribution in [0.15, 0.2) is 78.4 Å². The van der Waals surface area contributed by atoms with Crippen molar-refractivity contribution < 1.29 is 0 Å². The summed E-state index contributed by atoms with van der Waals surface area (Å²) in [7, 11) is 2.18. The standard InChI is InChI=1S/C25H26N4S/c1-19-5-3-6-21(15-19)17-29(2)14-12-20-8-10-23(11-9-20)27-25-28-24(18-30-25)22-7-4-13-26-16-22/h3-11,13,15-16,18H,12,14,17H2,1-2H3,(H,27,28). The Morgan fingerprint density at radius 2 is 1.87 bits per heavy atom. The number of likely N-dealkylation sites (N-methyl/N-ethyl adjacent to an activating group) is 1. The second kappa shape index (κ2) is 9.65. The van der Waals surface area contributed by atoms with Crippen LogP contribution in [-0.4, -0.2) is 28.5 Å². The maximum atomic E-state index is 4.66. The molecule has 0 aliphatic heterocycles. The van der Waals surface area contributed by atoms with E-state index in [0.29, 0.717) is 0 Å². The zero-order valence-electron chi connectivity index (χ0n) is 17.4. The van der Waals surface area contributed by atoms with Gasteiger partial charge in [-0.05, 0) is 55.8 Å². The predicted octanol–water partition coefficient (Wildman–Crippen LogP) is 5.93. The number of thiazole rings is 1. The Bertz CT molecular complexity index is 1070. The number of aryl methyl sites for hydroxylation is 1. The Morgan fingerprint density at radius 1 is 1.00 bits per heavy atom. The number of nitrogens with one attached hydrogen (secondary N) is 1. The minimum Gasteiger partial charge on any atom is -0.332 e. The van der Waals surface area contributed by atoms with Gasteiger partial charge in [-0.25, -0.2) is 4.98 Å². The summed E-state index contributed by atoms with van der Waals surface area (Å²) in [6, 6.07) is 21.3. The lowest BCUT2D eigenvalue weighted by molar-refractivity contribution is 0.331. The van der Waals surface area contributed by atoms with Crippen LogP contribution in [-0.2, 0) is 13.0 Å². The molecule has 0 spiro atoms. The molecule has 0 aliphatic rings. The summed E-state index contributed by atoms with van der Waals surface area (Å²) in [5.74, 6) is 0. The molecular weight excluding hydrogens is 388 g/mol. The van der Waals surface area contributed by atoms with Gasteiger partial charge in [0.2, 0.25) is 0 Å². The predicted molar refractivity (Wildman–Crippen MR) is 126 cm³/mol. The van der Waals surface area contributed by atoms with E-state index in [4.69, 9.17) is 0 Å². The fourth-order valence-electron chi connectivity index (χ4n) is 3.38. The van der Waals surface area contributed by atoms with E-state index >= 15 is 0 Å². The van der Waals surface area contributed by atoms with Gasteiger partial charge in [-0.2, -0.15) is 0 Å². The average molecular weight is 415 g/mol. The molecule has 2 aromatic heterocycles. The third-order valence-corrected chi connectivity index (χ3v) is 5.74. The van der Waals surface area contributed by atoms with Gasteiger partial charge in [0.1, 0.15) is 0 Å². The molecule has 2 aromatic carbocycles. The van der Waals surface area contributed by atoms with Crippen LogP contribution in [0.2, 0.25) is 0 Å². The van der Waals surface area contributed by atoms with Crippen molar-refractivity contribution in [1.29, 1.82) is 0 Å². The smallest absolute Gasteiger partial charge is 0.187 e. The summed E-state index contributed by atoms with van der Waals surface area (Å²) in [5, 5.41) is 6.34. The molecule has 0 radical (unpaired) electrons. The molecule has 30 heavy (non-hydrogen) atoms. The summed E-state index contributed by atoms with van der Waals surface area (Å²) >= 11 is 1.60. The van der Waals surface area contributed by atoms with Crippen LogP contribution in [0.3, 0.4) is 0 Å². The van der Waals surface area contributed by atoms with Crippen molar-refractivity contribution in [1.82, 2.24) is 14.9 Å². The molecule has 152 valence electrons. The number of benzene rings is 2. The van der Waals surface area contributed by atoms with Crippen LogP contribution in [0.5, 0.6) is 0 Å². The van der Waals surface area contributed by atoms with Gasteiger partial charge >= 0.3 is 0 Å². The highest BCUT2D eigenvalue weighted by atomic mass is 32.1. The van der Waals surface area contributed by atoms with Gasteiger partial charge in [-0.1, -0.05) is 42.0 Å². The minimum atomic E-state index is 0.888. The van der Waals surface area contributed by atoms with Gasteiger partial charge in [0.15, 0.2) is 5.13 Å². The van der Waals surface area contributed by atoms with E-state index in [1.165, 1.54) is 16.7 Å². The van der Waals surface area contributed by atoms with E-state index in [0.717, 1.165) is 41.6 Å². The van der Waals surface area contributed by atoms with Crippen molar-refractivity contribution >= 4 is 22.2 Å². The van der Waals surface area contributed by atoms with E-state index in [1.807, 2.05) is 18.3 Å². The maximum absolute atomic E-state index is 4.66. The van der Waals surface area contributed by atoms with Gasteiger partial charge in [0.25, 0.3) is 0 Å². The van der Waals surface area contributed by atoms with Crippen molar-refractivity contribution in [3.8, 4) is 11.3 Å². The van der Waals surface area contributed by atoms with Crippen LogP contribution in [0, 0.1) is 6.92 Å². The number of hydrogen-bond acceptors (Lipinski definition) is 5. The normalized spacial score (nSPS) is 11.0. The highest BCUT2D eigenvalue weighted by molar-refractivity contribution is 7.14. The van der Waals surface area contributed by atoms with Gasteiger partial charge in [-0.15, -0.1) is 11.3 Å². The SMILES string of the molecule is Cc1cccc(CN(C)CCc2ccc(Nc3nc(-c4cccnc4)cs3)cc2)c1. The average Bonchev–Trinajstić information content (AvgIpc) is 3.22. The lowest BCUT2D eigenvalue weighted by Gasteiger charge is -2.17. The molecule has 2 heterocycles. The van der Waals surface area contributed by atoms with Crippen LogP contribution >= 0.6 is 11.3 Å². The number of aromatic nitrogens is 2. The van der Waals surface area contributed by atoms with Crippen LogP contribution in [0.1, 0.15) is 16.7 Å². The Balaban J connectivity index is 1.29. The zero-order chi connectivity index (χ0) is 20.8. The van der Waals surface area contributed by atoms with Gasteiger partial charge in [-0.3, -0.25) is 4.98 Å². The Labute approximate surface area is 182 Å². The third-order valence-electron chi connectivity index (χ3n) is 4.98. The van der Waals surface area contributed by atoms with Crippen molar-refractivity contribution in [2.24, 2.45) is 0 Å². The molecule has 0 amide bonds. The molecule has 4 aromatic rings. The largest absolute Gasteiger partial charge is 0.332 e. The molecular formula is C25H26N4S. The molecule has 0 fully saturated rings. The summed E-state index contributed by atoms with van der Waals surface area (Å²) in [6.07, 6.45) is 4.64. The molecule has 4 nitrogen and oxygen atoms in total. The Hall–Kier alpha value is -3.02. The molecule has 0 bridgehead atoms. The van der Waals surface area contributed by atoms with Crippen LogP contribution < -0.4 is 5.32 Å². The van der Waals surface area contributed by atoms with Gasteiger partial charge < -0.3 is 10.2 Å². The maximum Gasteiger partial charge on any atom is 0.187 e. The second-order valence-electron chi connectivity index (χ2n) is 7.58. The number of pyridine rings is 1. The summed E-state index contributed by atoms with van der Waals surface area (Å²) in [4.78, 5) is 11.2. The monoisotopic (exact) mass is 414 g/mol. The topological polar surface area (TPSA) is 41.0 Å². The lowest BCUT2D eigenvalue weighted by Crippen LogP contribution is -2.20. The number of anilines is 2. The quantitative estimate of drug-likeness (QED) is 0.388. The zero-order valence-corrected chi connectivity index (χ0v) is 18.2. The van der Waals surface area contributed by atoms with Crippen LogP contribution in [0.4, 0.5) is 10.8 Å². The molecule has 5 heteroatoms. The van der Waals surface area contributed by atoms with Gasteiger partial charge in [0, 0.05) is 42.1 Å². The van der Waals surface area contributed by atoms with E-state index in [-0.39, 0.29) is 0 Å². The first-order chi connectivity index (χ1) is 14.7. The fraction of sp³-hybridized carbons (Fsp3) is 0.200. The molecule has 0 unspecified atom stereocenters. The molecule has 0 saturated heterocycles. The molecule has 4 rings (SSSR count). The molecule has 0 saturated carbocycles. The first kappa shape index (κ1) is 20.3. The number of rotatable bonds is 8. The Kier molecular flexibility index (Phi) is 6.52. The fourth-order valence-corrected chi connectivity index (χ4v) is 4.12. The number of hydrogen-bond donors (Lipinski definition) is 1. The molecule has 0 aliphatic carbocycles. The minimum absolute atomic E-state index is 0.888. The Morgan fingerprint density at radius 3 is 2.63 bits per heavy atom. The first-order valence-electron chi connectivity index (χ1n) is 10.1. The van der Waals surface area contributed by atoms with Crippen molar-refractivity contribution in [3.05, 3.63) is 95.1 Å². The summed E-state index contributed by atoms with van der Waals surface area (Å²) < 4.78 is 0. The molecule has 1 N–H and O–H groups in total. The summed E-state index contributed by atoms with van der Waals surface area (Å²) in [5.41, 5.74) is 7.06. The van der Waals surface area contributed by atoms with E-state index in [2.05, 4.69) is 88.1 Å². The lowest BCUT2D eigenvalue weighted by atomic mass is 10.1. The van der Waals surface area contributed by atoms with E-state index < -0.39 is 0 Å². The van der Waals surface area contributed by atoms with E-state index in [1.54, 1.807) is 17.5 Å². The third kappa shape index (κ3) is 5.53. The number of nitrogens with zero attached hydrogens (tertiary/aromatic N) is 3. The van der Waals surface area contributed by atoms with Crippen LogP contribution in [0.25, 0.3) is 11.3 Å². The highest BCUT2D eigenvalue weighted by Gasteiger charge is 2.06. The van der Waals surface area contributed by atoms with E-state index in [9.17, 15) is 0 Å². The first-order valence-corrected chi connectivity index (χ1v) is 11.0. The summed E-state index contributed by atoms with van der Waals surface area (Å²) in [6.45, 7) is 4.15. The molecule has 0 atom stereocenters.